The van der Waals surface area contributed by atoms with Crippen LogP contribution in [0.4, 0.5) is 4.39 Å². The lowest BCUT2D eigenvalue weighted by molar-refractivity contribution is 0.0628. The third kappa shape index (κ3) is 3.97. The van der Waals surface area contributed by atoms with E-state index in [1.54, 1.807) is 18.2 Å². The van der Waals surface area contributed by atoms with Crippen molar-refractivity contribution in [2.75, 3.05) is 33.0 Å². The summed E-state index contributed by atoms with van der Waals surface area (Å²) in [6, 6.07) is 14.1. The highest BCUT2D eigenvalue weighted by Crippen LogP contribution is 2.38. The number of fused-ring (bicyclic) bond motifs is 2. The fourth-order valence-corrected chi connectivity index (χ4v) is 4.63. The molecule has 6 rings (SSSR count). The number of amides is 1. The van der Waals surface area contributed by atoms with Gasteiger partial charge in [0.05, 0.1) is 10.9 Å². The number of carbonyl (C=O) groups is 1. The van der Waals surface area contributed by atoms with Gasteiger partial charge < -0.3 is 18.9 Å². The minimum absolute atomic E-state index is 0.101. The lowest BCUT2D eigenvalue weighted by Crippen LogP contribution is -2.48. The summed E-state index contributed by atoms with van der Waals surface area (Å²) in [6.45, 7) is 4.92. The van der Waals surface area contributed by atoms with Gasteiger partial charge in [-0.25, -0.2) is 9.37 Å². The van der Waals surface area contributed by atoms with Gasteiger partial charge in [0.25, 0.3) is 11.6 Å². The van der Waals surface area contributed by atoms with Gasteiger partial charge in [-0.3, -0.25) is 9.69 Å². The van der Waals surface area contributed by atoms with Gasteiger partial charge in [-0.15, -0.1) is 0 Å². The summed E-state index contributed by atoms with van der Waals surface area (Å²) in [6.07, 6.45) is 0. The first-order valence-electron chi connectivity index (χ1n) is 11.5. The Balaban J connectivity index is 1.27. The van der Waals surface area contributed by atoms with Gasteiger partial charge in [0, 0.05) is 49.5 Å². The molecule has 0 saturated carbocycles. The molecule has 0 bridgehead atoms. The predicted molar refractivity (Wildman–Crippen MR) is 126 cm³/mol. The minimum atomic E-state index is -0.204. The number of aromatic nitrogens is 2. The number of aryl methyl sites for hydroxylation is 1. The Morgan fingerprint density at radius 3 is 2.66 bits per heavy atom. The molecular formula is C26H23FN4O4. The Kier molecular flexibility index (Phi) is 5.33. The number of benzene rings is 2. The average molecular weight is 474 g/mol. The zero-order valence-corrected chi connectivity index (χ0v) is 19.2. The van der Waals surface area contributed by atoms with E-state index >= 15 is 0 Å². The fraction of sp³-hybridized carbons (Fsp3) is 0.269. The summed E-state index contributed by atoms with van der Waals surface area (Å²) in [5.74, 6) is 0.984. The summed E-state index contributed by atoms with van der Waals surface area (Å²) in [5, 5.41) is 4.82. The monoisotopic (exact) mass is 474 g/mol. The first-order chi connectivity index (χ1) is 17.1. The van der Waals surface area contributed by atoms with Crippen LogP contribution in [-0.4, -0.2) is 58.8 Å². The summed E-state index contributed by atoms with van der Waals surface area (Å²) in [7, 11) is 0. The van der Waals surface area contributed by atoms with Crippen molar-refractivity contribution in [1.82, 2.24) is 19.9 Å². The van der Waals surface area contributed by atoms with Crippen LogP contribution >= 0.6 is 0 Å². The van der Waals surface area contributed by atoms with Gasteiger partial charge >= 0.3 is 0 Å². The molecule has 1 fully saturated rings. The second kappa shape index (κ2) is 8.66. The highest BCUT2D eigenvalue weighted by atomic mass is 19.1. The summed E-state index contributed by atoms with van der Waals surface area (Å²) < 4.78 is 30.5. The quantitative estimate of drug-likeness (QED) is 0.442. The zero-order valence-electron chi connectivity index (χ0n) is 19.2. The fourth-order valence-electron chi connectivity index (χ4n) is 4.63. The number of hydrogen-bond donors (Lipinski definition) is 0. The number of hydrogen-bond acceptors (Lipinski definition) is 7. The number of pyridine rings is 1. The molecule has 4 heterocycles. The Labute approximate surface area is 200 Å². The molecule has 1 amide bonds. The molecule has 0 unspecified atom stereocenters. The topological polar surface area (TPSA) is 80.9 Å². The summed E-state index contributed by atoms with van der Waals surface area (Å²) in [5.41, 5.74) is 3.45. The molecule has 1 saturated heterocycles. The van der Waals surface area contributed by atoms with Gasteiger partial charge in [0.15, 0.2) is 11.5 Å². The minimum Gasteiger partial charge on any atom is -0.454 e. The molecule has 35 heavy (non-hydrogen) atoms. The normalized spacial score (nSPS) is 15.7. The molecule has 2 aromatic carbocycles. The zero-order chi connectivity index (χ0) is 23.9. The van der Waals surface area contributed by atoms with Gasteiger partial charge in [-0.1, -0.05) is 23.4 Å². The third-order valence-electron chi connectivity index (χ3n) is 6.46. The number of ether oxygens (including phenoxy) is 2. The lowest BCUT2D eigenvalue weighted by Gasteiger charge is -2.35. The molecule has 2 aliphatic heterocycles. The first-order valence-corrected chi connectivity index (χ1v) is 11.5. The van der Waals surface area contributed by atoms with E-state index in [-0.39, 0.29) is 18.5 Å². The Bertz CT molecular complexity index is 1430. The van der Waals surface area contributed by atoms with Crippen molar-refractivity contribution >= 4 is 17.0 Å². The molecule has 8 nitrogen and oxygen atoms in total. The molecule has 4 aromatic rings. The van der Waals surface area contributed by atoms with Crippen LogP contribution in [0.15, 0.2) is 53.1 Å². The van der Waals surface area contributed by atoms with Crippen LogP contribution < -0.4 is 9.47 Å². The number of rotatable bonds is 4. The van der Waals surface area contributed by atoms with E-state index < -0.39 is 0 Å². The van der Waals surface area contributed by atoms with Gasteiger partial charge in [0.2, 0.25) is 6.79 Å². The number of nitrogens with zero attached hydrogens (tertiary/aromatic N) is 4. The summed E-state index contributed by atoms with van der Waals surface area (Å²) in [4.78, 5) is 22.1. The molecular weight excluding hydrogens is 451 g/mol. The first kappa shape index (κ1) is 21.5. The van der Waals surface area contributed by atoms with E-state index in [0.29, 0.717) is 77.8 Å². The highest BCUT2D eigenvalue weighted by molar-refractivity contribution is 6.09. The van der Waals surface area contributed by atoms with Crippen molar-refractivity contribution in [2.45, 2.75) is 13.5 Å². The molecule has 0 radical (unpaired) electrons. The van der Waals surface area contributed by atoms with Crippen LogP contribution in [-0.2, 0) is 6.54 Å². The van der Waals surface area contributed by atoms with Gasteiger partial charge in [0.1, 0.15) is 11.5 Å². The van der Waals surface area contributed by atoms with E-state index in [2.05, 4.69) is 15.0 Å². The van der Waals surface area contributed by atoms with Crippen LogP contribution in [0.1, 0.15) is 21.6 Å². The van der Waals surface area contributed by atoms with Gasteiger partial charge in [-0.2, -0.15) is 0 Å². The second-order valence-corrected chi connectivity index (χ2v) is 8.75. The van der Waals surface area contributed by atoms with Crippen molar-refractivity contribution in [3.8, 4) is 22.8 Å². The smallest absolute Gasteiger partial charge is 0.259 e. The maximum absolute atomic E-state index is 14.1. The maximum Gasteiger partial charge on any atom is 0.259 e. The Morgan fingerprint density at radius 2 is 1.83 bits per heavy atom. The largest absolute Gasteiger partial charge is 0.454 e. The number of halogens is 1. The van der Waals surface area contributed by atoms with Crippen LogP contribution in [0.5, 0.6) is 11.5 Å². The third-order valence-corrected chi connectivity index (χ3v) is 6.46. The average Bonchev–Trinajstić information content (AvgIpc) is 3.51. The Hall–Kier alpha value is -3.98. The van der Waals surface area contributed by atoms with Crippen molar-refractivity contribution < 1.29 is 23.2 Å². The molecule has 0 aliphatic carbocycles. The van der Waals surface area contributed by atoms with Crippen molar-refractivity contribution in [3.05, 3.63) is 71.2 Å². The Morgan fingerprint density at radius 1 is 1.03 bits per heavy atom. The number of carbonyl (C=O) groups excluding carboxylic acids is 1. The highest BCUT2D eigenvalue weighted by Gasteiger charge is 2.28. The van der Waals surface area contributed by atoms with E-state index in [1.807, 2.05) is 36.1 Å². The summed E-state index contributed by atoms with van der Waals surface area (Å²) >= 11 is 0. The molecule has 0 N–H and O–H groups in total. The SMILES string of the molecule is Cc1cc(C(=O)N2CCN(Cc3ccccc3F)CC2)c2c(-c3ccc4c(c3)OCO4)noc2n1. The van der Waals surface area contributed by atoms with E-state index in [0.717, 1.165) is 5.56 Å². The predicted octanol–water partition coefficient (Wildman–Crippen LogP) is 4.02. The van der Waals surface area contributed by atoms with E-state index in [4.69, 9.17) is 14.0 Å². The second-order valence-electron chi connectivity index (χ2n) is 8.75. The molecule has 9 heteroatoms. The number of piperazine rings is 1. The van der Waals surface area contributed by atoms with Gasteiger partial charge in [-0.05, 0) is 37.3 Å². The van der Waals surface area contributed by atoms with Crippen LogP contribution in [0.2, 0.25) is 0 Å². The van der Waals surface area contributed by atoms with Crippen molar-refractivity contribution in [2.24, 2.45) is 0 Å². The maximum atomic E-state index is 14.1. The molecule has 178 valence electrons. The van der Waals surface area contributed by atoms with Crippen LogP contribution in [0, 0.1) is 12.7 Å². The standard InChI is InChI=1S/C26H23FN4O4/c1-16-12-19(26(32)31-10-8-30(9-11-31)14-18-4-2-3-5-20(18)27)23-24(29-35-25(23)28-16)17-6-7-21-22(13-17)34-15-33-21/h2-7,12-13H,8-11,14-15H2,1H3. The van der Waals surface area contributed by atoms with Crippen molar-refractivity contribution in [3.63, 3.8) is 0 Å². The van der Waals surface area contributed by atoms with Crippen LogP contribution in [0.25, 0.3) is 22.4 Å². The molecule has 0 atom stereocenters. The molecule has 0 spiro atoms. The van der Waals surface area contributed by atoms with Crippen molar-refractivity contribution in [1.29, 1.82) is 0 Å². The van der Waals surface area contributed by atoms with Crippen LogP contribution in [0.3, 0.4) is 0 Å². The molecule has 2 aliphatic rings. The van der Waals surface area contributed by atoms with E-state index in [1.165, 1.54) is 6.07 Å². The van der Waals surface area contributed by atoms with E-state index in [9.17, 15) is 9.18 Å². The lowest BCUT2D eigenvalue weighted by atomic mass is 10.0. The molecule has 2 aromatic heterocycles.